The van der Waals surface area contributed by atoms with E-state index in [4.69, 9.17) is 0 Å². The van der Waals surface area contributed by atoms with E-state index in [1.165, 1.54) is 6.20 Å². The number of hydrogen-bond acceptors (Lipinski definition) is 4. The molecule has 0 saturated heterocycles. The summed E-state index contributed by atoms with van der Waals surface area (Å²) in [6.45, 7) is 2.72. The van der Waals surface area contributed by atoms with Gasteiger partial charge in [0.2, 0.25) is 5.78 Å². The van der Waals surface area contributed by atoms with Crippen LogP contribution in [0, 0.1) is 0 Å². The third-order valence-electron chi connectivity index (χ3n) is 2.25. The first-order valence-electron chi connectivity index (χ1n) is 5.14. The average Bonchev–Trinajstić information content (AvgIpc) is 2.87. The van der Waals surface area contributed by atoms with Crippen molar-refractivity contribution in [3.63, 3.8) is 0 Å². The van der Waals surface area contributed by atoms with Crippen molar-refractivity contribution in [1.29, 1.82) is 0 Å². The number of rotatable bonds is 4. The molecule has 0 radical (unpaired) electrons. The minimum Gasteiger partial charge on any atom is -0.287 e. The number of carbonyl (C=O) groups excluding carboxylic acids is 1. The number of carbonyl (C=O) groups is 1. The summed E-state index contributed by atoms with van der Waals surface area (Å²) in [5, 5.41) is 11.6. The molecule has 0 bridgehead atoms. The molecule has 0 aliphatic rings. The Labute approximate surface area is 92.9 Å². The van der Waals surface area contributed by atoms with Crippen LogP contribution in [-0.2, 0) is 13.6 Å². The Morgan fingerprint density at radius 2 is 2.25 bits per heavy atom. The predicted molar refractivity (Wildman–Crippen MR) is 57.0 cm³/mol. The number of hydrogen-bond donors (Lipinski definition) is 0. The molecular formula is C10H13N5O. The molecule has 2 heterocycles. The molecule has 2 aromatic heterocycles. The van der Waals surface area contributed by atoms with Crippen LogP contribution in [0.3, 0.4) is 0 Å². The molecule has 0 saturated carbocycles. The van der Waals surface area contributed by atoms with Gasteiger partial charge < -0.3 is 0 Å². The summed E-state index contributed by atoms with van der Waals surface area (Å²) in [5.41, 5.74) is 1.07. The van der Waals surface area contributed by atoms with Crippen LogP contribution in [0.25, 0.3) is 0 Å². The maximum Gasteiger partial charge on any atom is 0.215 e. The Hall–Kier alpha value is -1.98. The Morgan fingerprint density at radius 3 is 2.88 bits per heavy atom. The van der Waals surface area contributed by atoms with Crippen LogP contribution in [-0.4, -0.2) is 30.6 Å². The highest BCUT2D eigenvalue weighted by Gasteiger charge is 2.16. The van der Waals surface area contributed by atoms with E-state index in [2.05, 4.69) is 15.4 Å². The van der Waals surface area contributed by atoms with Crippen LogP contribution in [0.1, 0.15) is 29.4 Å². The highest BCUT2D eigenvalue weighted by atomic mass is 16.1. The maximum absolute atomic E-state index is 12.1. The van der Waals surface area contributed by atoms with Crippen molar-refractivity contribution >= 4 is 5.78 Å². The van der Waals surface area contributed by atoms with Crippen molar-refractivity contribution < 1.29 is 4.79 Å². The minimum atomic E-state index is -0.0912. The summed E-state index contributed by atoms with van der Waals surface area (Å²) in [5.74, 6) is -0.0912. The fourth-order valence-electron chi connectivity index (χ4n) is 1.50. The molecule has 0 N–H and O–H groups in total. The summed E-state index contributed by atoms with van der Waals surface area (Å²) in [4.78, 5) is 12.1. The molecule has 84 valence electrons. The molecule has 0 spiro atoms. The molecule has 6 heteroatoms. The zero-order valence-electron chi connectivity index (χ0n) is 9.29. The average molecular weight is 219 g/mol. The lowest BCUT2D eigenvalue weighted by atomic mass is 10.2. The van der Waals surface area contributed by atoms with Crippen molar-refractivity contribution in [1.82, 2.24) is 24.8 Å². The SMILES string of the molecule is CCCn1nncc1C(=O)c1cnn(C)c1. The van der Waals surface area contributed by atoms with Crippen LogP contribution < -0.4 is 0 Å². The van der Waals surface area contributed by atoms with Crippen LogP contribution in [0.5, 0.6) is 0 Å². The van der Waals surface area contributed by atoms with Gasteiger partial charge in [0.15, 0.2) is 0 Å². The van der Waals surface area contributed by atoms with Gasteiger partial charge in [-0.05, 0) is 6.42 Å². The quantitative estimate of drug-likeness (QED) is 0.708. The lowest BCUT2D eigenvalue weighted by Crippen LogP contribution is -2.11. The number of aryl methyl sites for hydroxylation is 2. The van der Waals surface area contributed by atoms with Gasteiger partial charge in [-0.3, -0.25) is 9.48 Å². The van der Waals surface area contributed by atoms with Gasteiger partial charge >= 0.3 is 0 Å². The van der Waals surface area contributed by atoms with Crippen molar-refractivity contribution in [2.75, 3.05) is 0 Å². The fourth-order valence-corrected chi connectivity index (χ4v) is 1.50. The topological polar surface area (TPSA) is 65.6 Å². The van der Waals surface area contributed by atoms with E-state index >= 15 is 0 Å². The molecule has 6 nitrogen and oxygen atoms in total. The first kappa shape index (κ1) is 10.5. The van der Waals surface area contributed by atoms with Crippen LogP contribution in [0.2, 0.25) is 0 Å². The Morgan fingerprint density at radius 1 is 1.44 bits per heavy atom. The van der Waals surface area contributed by atoms with Gasteiger partial charge in [-0.25, -0.2) is 4.68 Å². The van der Waals surface area contributed by atoms with E-state index in [0.717, 1.165) is 6.42 Å². The summed E-state index contributed by atoms with van der Waals surface area (Å²) in [6.07, 6.45) is 5.64. The molecule has 0 atom stereocenters. The van der Waals surface area contributed by atoms with E-state index in [9.17, 15) is 4.79 Å². The first-order chi connectivity index (χ1) is 7.72. The monoisotopic (exact) mass is 219 g/mol. The van der Waals surface area contributed by atoms with Crippen LogP contribution in [0.15, 0.2) is 18.6 Å². The van der Waals surface area contributed by atoms with Crippen LogP contribution in [0.4, 0.5) is 0 Å². The number of nitrogens with zero attached hydrogens (tertiary/aromatic N) is 5. The molecular weight excluding hydrogens is 206 g/mol. The highest BCUT2D eigenvalue weighted by molar-refractivity contribution is 6.07. The van der Waals surface area contributed by atoms with Gasteiger partial charge in [-0.2, -0.15) is 5.10 Å². The number of aromatic nitrogens is 5. The van der Waals surface area contributed by atoms with Gasteiger partial charge in [-0.15, -0.1) is 5.10 Å². The van der Waals surface area contributed by atoms with Gasteiger partial charge in [0.25, 0.3) is 0 Å². The first-order valence-corrected chi connectivity index (χ1v) is 5.14. The molecule has 0 amide bonds. The zero-order chi connectivity index (χ0) is 11.5. The smallest absolute Gasteiger partial charge is 0.215 e. The standard InChI is InChI=1S/C10H13N5O/c1-3-4-15-9(6-11-13-15)10(16)8-5-12-14(2)7-8/h5-7H,3-4H2,1-2H3. The van der Waals surface area contributed by atoms with Gasteiger partial charge in [0.1, 0.15) is 5.69 Å². The van der Waals surface area contributed by atoms with Crippen molar-refractivity contribution in [3.05, 3.63) is 29.8 Å². The minimum absolute atomic E-state index is 0.0912. The normalized spacial score (nSPS) is 10.6. The zero-order valence-corrected chi connectivity index (χ0v) is 9.29. The van der Waals surface area contributed by atoms with Crippen LogP contribution >= 0.6 is 0 Å². The molecule has 2 rings (SSSR count). The second-order valence-electron chi connectivity index (χ2n) is 3.57. The molecule has 0 aromatic carbocycles. The Bertz CT molecular complexity index is 499. The molecule has 0 unspecified atom stereocenters. The molecule has 16 heavy (non-hydrogen) atoms. The highest BCUT2D eigenvalue weighted by Crippen LogP contribution is 2.07. The molecule has 0 aliphatic carbocycles. The van der Waals surface area contributed by atoms with E-state index < -0.39 is 0 Å². The largest absolute Gasteiger partial charge is 0.287 e. The second-order valence-corrected chi connectivity index (χ2v) is 3.57. The van der Waals surface area contributed by atoms with E-state index in [1.807, 2.05) is 6.92 Å². The van der Waals surface area contributed by atoms with Crippen molar-refractivity contribution in [3.8, 4) is 0 Å². The summed E-state index contributed by atoms with van der Waals surface area (Å²) in [7, 11) is 1.78. The van der Waals surface area contributed by atoms with E-state index in [1.54, 1.807) is 28.8 Å². The third-order valence-corrected chi connectivity index (χ3v) is 2.25. The fraction of sp³-hybridized carbons (Fsp3) is 0.400. The lowest BCUT2D eigenvalue weighted by molar-refractivity contribution is 0.102. The van der Waals surface area contributed by atoms with E-state index in [-0.39, 0.29) is 5.78 Å². The predicted octanol–water partition coefficient (Wildman–Crippen LogP) is 0.653. The van der Waals surface area contributed by atoms with E-state index in [0.29, 0.717) is 17.8 Å². The number of ketones is 1. The Balaban J connectivity index is 2.30. The molecule has 2 aromatic rings. The van der Waals surface area contributed by atoms with Gasteiger partial charge in [-0.1, -0.05) is 12.1 Å². The van der Waals surface area contributed by atoms with Gasteiger partial charge in [0.05, 0.1) is 18.0 Å². The maximum atomic E-state index is 12.1. The molecule has 0 aliphatic heterocycles. The summed E-state index contributed by atoms with van der Waals surface area (Å²) in [6, 6.07) is 0. The third kappa shape index (κ3) is 1.86. The van der Waals surface area contributed by atoms with Crippen molar-refractivity contribution in [2.45, 2.75) is 19.9 Å². The Kier molecular flexibility index (Phi) is 2.80. The van der Waals surface area contributed by atoms with Crippen molar-refractivity contribution in [2.24, 2.45) is 7.05 Å². The molecule has 0 fully saturated rings. The summed E-state index contributed by atoms with van der Waals surface area (Å²) < 4.78 is 3.22. The van der Waals surface area contributed by atoms with Gasteiger partial charge in [0, 0.05) is 19.8 Å². The lowest BCUT2D eigenvalue weighted by Gasteiger charge is -2.01. The second kappa shape index (κ2) is 4.26. The summed E-state index contributed by atoms with van der Waals surface area (Å²) >= 11 is 0.